The number of hydrogen-bond donors (Lipinski definition) is 0. The highest BCUT2D eigenvalue weighted by atomic mass is 35.5. The molecule has 3 aromatic rings. The Hall–Kier alpha value is -2.79. The Labute approximate surface area is 178 Å². The number of benzene rings is 2. The van der Waals surface area contributed by atoms with Crippen molar-refractivity contribution in [2.45, 2.75) is 19.8 Å². The maximum absolute atomic E-state index is 12.6. The predicted molar refractivity (Wildman–Crippen MR) is 119 cm³/mol. The van der Waals surface area contributed by atoms with Crippen LogP contribution in [0.1, 0.15) is 17.5 Å². The second-order valence-electron chi connectivity index (χ2n) is 7.29. The third-order valence-electron chi connectivity index (χ3n) is 5.32. The van der Waals surface area contributed by atoms with Crippen molar-refractivity contribution in [3.05, 3.63) is 78.1 Å². The van der Waals surface area contributed by atoms with Crippen molar-refractivity contribution in [3.63, 3.8) is 0 Å². The monoisotopic (exact) mass is 410 g/mol. The molecule has 1 saturated heterocycles. The van der Waals surface area contributed by atoms with E-state index < -0.39 is 0 Å². The molecular weight excluding hydrogens is 384 g/mol. The molecule has 0 spiro atoms. The van der Waals surface area contributed by atoms with Gasteiger partial charge in [0.25, 0.3) is 0 Å². The molecule has 1 aliphatic heterocycles. The summed E-state index contributed by atoms with van der Waals surface area (Å²) >= 11 is 0. The van der Waals surface area contributed by atoms with Gasteiger partial charge in [-0.25, -0.2) is 4.98 Å². The number of rotatable bonds is 5. The minimum Gasteiger partial charge on any atom is -0.339 e. The van der Waals surface area contributed by atoms with Gasteiger partial charge in [0.2, 0.25) is 11.9 Å². The van der Waals surface area contributed by atoms with Crippen molar-refractivity contribution in [1.82, 2.24) is 14.5 Å². The number of anilines is 1. The molecule has 4 rings (SSSR count). The normalized spacial score (nSPS) is 13.8. The number of piperazine rings is 1. The summed E-state index contributed by atoms with van der Waals surface area (Å²) in [7, 11) is 0. The van der Waals surface area contributed by atoms with Crippen LogP contribution >= 0.6 is 12.4 Å². The summed E-state index contributed by atoms with van der Waals surface area (Å²) in [4.78, 5) is 21.4. The van der Waals surface area contributed by atoms with Crippen LogP contribution in [0.5, 0.6) is 0 Å². The molecule has 0 atom stereocenters. The fraction of sp³-hybridized carbons (Fsp3) is 0.304. The number of carbonyl (C=O) groups is 1. The summed E-state index contributed by atoms with van der Waals surface area (Å²) in [6, 6.07) is 18.7. The van der Waals surface area contributed by atoms with Crippen molar-refractivity contribution < 1.29 is 4.79 Å². The summed E-state index contributed by atoms with van der Waals surface area (Å²) in [6.45, 7) is 5.19. The Balaban J connectivity index is 0.00000240. The summed E-state index contributed by atoms with van der Waals surface area (Å²) in [5.74, 6) is 1.19. The molecule has 2 heterocycles. The number of imidazole rings is 1. The van der Waals surface area contributed by atoms with E-state index in [1.165, 1.54) is 11.1 Å². The van der Waals surface area contributed by atoms with Gasteiger partial charge in [-0.1, -0.05) is 48.0 Å². The summed E-state index contributed by atoms with van der Waals surface area (Å²) in [5.41, 5.74) is 3.57. The Morgan fingerprint density at radius 1 is 0.966 bits per heavy atom. The van der Waals surface area contributed by atoms with Gasteiger partial charge in [0, 0.05) is 50.7 Å². The molecule has 1 fully saturated rings. The zero-order valence-electron chi connectivity index (χ0n) is 16.7. The smallest absolute Gasteiger partial charge is 0.223 e. The standard InChI is InChI=1S/C23H26N4O.ClH/c1-19-7-10-21(11-8-19)27-14-13-24-23(27)26-17-15-25(16-18-26)22(28)12-9-20-5-3-2-4-6-20;/h2-8,10-11,13-14H,9,12,15-18H2,1H3;1H. The van der Waals surface area contributed by atoms with E-state index in [0.29, 0.717) is 6.42 Å². The van der Waals surface area contributed by atoms with E-state index in [1.807, 2.05) is 35.5 Å². The van der Waals surface area contributed by atoms with Gasteiger partial charge in [0.05, 0.1) is 0 Å². The van der Waals surface area contributed by atoms with Crippen LogP contribution in [-0.2, 0) is 11.2 Å². The van der Waals surface area contributed by atoms with Gasteiger partial charge in [0.15, 0.2) is 0 Å². The average molecular weight is 411 g/mol. The summed E-state index contributed by atoms with van der Waals surface area (Å²) < 4.78 is 2.12. The zero-order valence-corrected chi connectivity index (χ0v) is 17.5. The van der Waals surface area contributed by atoms with E-state index >= 15 is 0 Å². The van der Waals surface area contributed by atoms with Crippen LogP contribution in [0.15, 0.2) is 67.0 Å². The number of carbonyl (C=O) groups excluding carboxylic acids is 1. The van der Waals surface area contributed by atoms with E-state index in [-0.39, 0.29) is 18.3 Å². The minimum atomic E-state index is 0. The van der Waals surface area contributed by atoms with E-state index in [1.54, 1.807) is 0 Å². The average Bonchev–Trinajstić information content (AvgIpc) is 3.23. The summed E-state index contributed by atoms with van der Waals surface area (Å²) in [6.07, 6.45) is 5.21. The van der Waals surface area contributed by atoms with Gasteiger partial charge in [0.1, 0.15) is 0 Å². The molecule has 0 radical (unpaired) electrons. The fourth-order valence-corrected chi connectivity index (χ4v) is 3.65. The lowest BCUT2D eigenvalue weighted by Gasteiger charge is -2.35. The Kier molecular flexibility index (Phi) is 6.94. The minimum absolute atomic E-state index is 0. The number of halogens is 1. The molecule has 5 nitrogen and oxygen atoms in total. The van der Waals surface area contributed by atoms with Gasteiger partial charge in [-0.05, 0) is 31.0 Å². The first-order chi connectivity index (χ1) is 13.7. The third kappa shape index (κ3) is 4.98. The maximum Gasteiger partial charge on any atom is 0.223 e. The maximum atomic E-state index is 12.6. The Morgan fingerprint density at radius 2 is 1.66 bits per heavy atom. The highest BCUT2D eigenvalue weighted by Crippen LogP contribution is 2.20. The largest absolute Gasteiger partial charge is 0.339 e. The van der Waals surface area contributed by atoms with Crippen molar-refractivity contribution in [2.24, 2.45) is 0 Å². The zero-order chi connectivity index (χ0) is 19.3. The highest BCUT2D eigenvalue weighted by Gasteiger charge is 2.23. The summed E-state index contributed by atoms with van der Waals surface area (Å²) in [5, 5.41) is 0. The molecule has 0 saturated carbocycles. The lowest BCUT2D eigenvalue weighted by Crippen LogP contribution is -2.49. The van der Waals surface area contributed by atoms with Gasteiger partial charge >= 0.3 is 0 Å². The van der Waals surface area contributed by atoms with Crippen molar-refractivity contribution in [3.8, 4) is 5.69 Å². The van der Waals surface area contributed by atoms with Crippen LogP contribution in [0.3, 0.4) is 0 Å². The fourth-order valence-electron chi connectivity index (χ4n) is 3.65. The molecule has 2 aromatic carbocycles. The lowest BCUT2D eigenvalue weighted by molar-refractivity contribution is -0.131. The molecule has 152 valence electrons. The van der Waals surface area contributed by atoms with Gasteiger partial charge in [-0.3, -0.25) is 9.36 Å². The molecule has 0 bridgehead atoms. The van der Waals surface area contributed by atoms with Crippen LogP contribution in [0.2, 0.25) is 0 Å². The van der Waals surface area contributed by atoms with E-state index in [9.17, 15) is 4.79 Å². The molecule has 1 aliphatic rings. The first-order valence-corrected chi connectivity index (χ1v) is 9.88. The van der Waals surface area contributed by atoms with Crippen LogP contribution < -0.4 is 4.90 Å². The third-order valence-corrected chi connectivity index (χ3v) is 5.32. The van der Waals surface area contributed by atoms with Gasteiger partial charge < -0.3 is 9.80 Å². The van der Waals surface area contributed by atoms with Gasteiger partial charge in [-0.15, -0.1) is 12.4 Å². The molecule has 0 N–H and O–H groups in total. The number of amides is 1. The molecule has 0 unspecified atom stereocenters. The predicted octanol–water partition coefficient (Wildman–Crippen LogP) is 3.88. The SMILES string of the molecule is Cc1ccc(-n2ccnc2N2CCN(C(=O)CCc3ccccc3)CC2)cc1.Cl. The first kappa shape index (κ1) is 20.9. The van der Waals surface area contributed by atoms with Crippen LogP contribution in [-0.4, -0.2) is 46.5 Å². The van der Waals surface area contributed by atoms with E-state index in [0.717, 1.165) is 44.2 Å². The van der Waals surface area contributed by atoms with Crippen molar-refractivity contribution >= 4 is 24.3 Å². The Bertz CT molecular complexity index is 916. The number of hydrogen-bond acceptors (Lipinski definition) is 3. The van der Waals surface area contributed by atoms with Crippen LogP contribution in [0.4, 0.5) is 5.95 Å². The molecule has 0 aliphatic carbocycles. The van der Waals surface area contributed by atoms with Crippen LogP contribution in [0.25, 0.3) is 5.69 Å². The highest BCUT2D eigenvalue weighted by molar-refractivity contribution is 5.85. The van der Waals surface area contributed by atoms with Crippen molar-refractivity contribution in [2.75, 3.05) is 31.1 Å². The van der Waals surface area contributed by atoms with Gasteiger partial charge in [-0.2, -0.15) is 0 Å². The second kappa shape index (κ2) is 9.61. The molecule has 1 amide bonds. The number of aromatic nitrogens is 2. The number of aryl methyl sites for hydroxylation is 2. The molecular formula is C23H27ClN4O. The Morgan fingerprint density at radius 3 is 2.34 bits per heavy atom. The number of nitrogens with zero attached hydrogens (tertiary/aromatic N) is 4. The van der Waals surface area contributed by atoms with E-state index in [4.69, 9.17) is 0 Å². The van der Waals surface area contributed by atoms with E-state index in [2.05, 4.69) is 57.8 Å². The quantitative estimate of drug-likeness (QED) is 0.640. The second-order valence-corrected chi connectivity index (χ2v) is 7.29. The molecule has 6 heteroatoms. The molecule has 29 heavy (non-hydrogen) atoms. The molecule has 1 aromatic heterocycles. The van der Waals surface area contributed by atoms with Crippen molar-refractivity contribution in [1.29, 1.82) is 0 Å². The first-order valence-electron chi connectivity index (χ1n) is 9.88. The topological polar surface area (TPSA) is 41.4 Å². The lowest BCUT2D eigenvalue weighted by atomic mass is 10.1. The van der Waals surface area contributed by atoms with Crippen LogP contribution in [0, 0.1) is 6.92 Å².